The molecule has 0 aliphatic heterocycles. The standard InChI is InChI=1S/C13H22/c1-4-6-13-8-12(3)7-5-9(2)10(13)11(12)13/h9-11H,4-8H2,1-3H3. The van der Waals surface area contributed by atoms with Gasteiger partial charge in [-0.1, -0.05) is 27.2 Å². The van der Waals surface area contributed by atoms with Crippen LogP contribution in [0.1, 0.15) is 52.9 Å². The highest BCUT2D eigenvalue weighted by atomic mass is 14.8. The van der Waals surface area contributed by atoms with E-state index < -0.39 is 0 Å². The van der Waals surface area contributed by atoms with E-state index in [0.717, 1.165) is 28.6 Å². The van der Waals surface area contributed by atoms with Crippen molar-refractivity contribution in [2.45, 2.75) is 52.9 Å². The summed E-state index contributed by atoms with van der Waals surface area (Å²) < 4.78 is 0. The van der Waals surface area contributed by atoms with E-state index in [1.165, 1.54) is 25.7 Å². The molecule has 0 bridgehead atoms. The molecule has 5 unspecified atom stereocenters. The molecule has 0 radical (unpaired) electrons. The molecule has 0 N–H and O–H groups in total. The van der Waals surface area contributed by atoms with Gasteiger partial charge in [-0.2, -0.15) is 0 Å². The molecule has 0 aromatic carbocycles. The molecule has 3 rings (SSSR count). The minimum Gasteiger partial charge on any atom is -0.0654 e. The van der Waals surface area contributed by atoms with E-state index >= 15 is 0 Å². The highest BCUT2D eigenvalue weighted by Gasteiger charge is 2.80. The summed E-state index contributed by atoms with van der Waals surface area (Å²) in [6.07, 6.45) is 7.56. The van der Waals surface area contributed by atoms with Crippen molar-refractivity contribution in [2.75, 3.05) is 0 Å². The van der Waals surface area contributed by atoms with Gasteiger partial charge >= 0.3 is 0 Å². The number of rotatable bonds is 2. The van der Waals surface area contributed by atoms with E-state index in [2.05, 4.69) is 20.8 Å². The average molecular weight is 178 g/mol. The molecule has 0 amide bonds. The van der Waals surface area contributed by atoms with Crippen LogP contribution in [0.5, 0.6) is 0 Å². The molecular weight excluding hydrogens is 156 g/mol. The van der Waals surface area contributed by atoms with Gasteiger partial charge in [-0.05, 0) is 54.3 Å². The second-order valence-electron chi connectivity index (χ2n) is 6.33. The Hall–Kier alpha value is 0. The number of hydrogen-bond donors (Lipinski definition) is 0. The van der Waals surface area contributed by atoms with Crippen LogP contribution in [0.2, 0.25) is 0 Å². The first kappa shape index (κ1) is 8.32. The van der Waals surface area contributed by atoms with Crippen LogP contribution in [0.25, 0.3) is 0 Å². The van der Waals surface area contributed by atoms with Crippen LogP contribution < -0.4 is 0 Å². The summed E-state index contributed by atoms with van der Waals surface area (Å²) in [6.45, 7) is 7.41. The smallest absolute Gasteiger partial charge is 0.0222 e. The van der Waals surface area contributed by atoms with Crippen LogP contribution in [0.15, 0.2) is 0 Å². The molecule has 0 heterocycles. The highest BCUT2D eigenvalue weighted by Crippen LogP contribution is 2.87. The van der Waals surface area contributed by atoms with Crippen molar-refractivity contribution < 1.29 is 0 Å². The third-order valence-corrected chi connectivity index (χ3v) is 5.52. The van der Waals surface area contributed by atoms with E-state index in [0.29, 0.717) is 0 Å². The lowest BCUT2D eigenvalue weighted by Gasteiger charge is -2.45. The van der Waals surface area contributed by atoms with Gasteiger partial charge in [0.05, 0.1) is 0 Å². The molecule has 0 aromatic rings. The Morgan fingerprint density at radius 1 is 1.38 bits per heavy atom. The van der Waals surface area contributed by atoms with Crippen LogP contribution in [0.4, 0.5) is 0 Å². The maximum atomic E-state index is 2.55. The Bertz CT molecular complexity index is 238. The molecule has 74 valence electrons. The first-order valence-electron chi connectivity index (χ1n) is 6.14. The summed E-state index contributed by atoms with van der Waals surface area (Å²) in [5.41, 5.74) is 1.67. The third-order valence-electron chi connectivity index (χ3n) is 5.52. The van der Waals surface area contributed by atoms with Gasteiger partial charge in [0, 0.05) is 0 Å². The van der Waals surface area contributed by atoms with Crippen molar-refractivity contribution in [3.05, 3.63) is 0 Å². The van der Waals surface area contributed by atoms with Gasteiger partial charge < -0.3 is 0 Å². The summed E-state index contributed by atoms with van der Waals surface area (Å²) >= 11 is 0. The Kier molecular flexibility index (Phi) is 1.37. The maximum Gasteiger partial charge on any atom is -0.0222 e. The van der Waals surface area contributed by atoms with Gasteiger partial charge in [0.25, 0.3) is 0 Å². The zero-order valence-electron chi connectivity index (χ0n) is 9.27. The van der Waals surface area contributed by atoms with Crippen molar-refractivity contribution in [3.8, 4) is 0 Å². The van der Waals surface area contributed by atoms with E-state index in [4.69, 9.17) is 0 Å². The molecule has 0 aromatic heterocycles. The Labute approximate surface area is 82.1 Å². The van der Waals surface area contributed by atoms with Crippen LogP contribution in [-0.4, -0.2) is 0 Å². The molecule has 5 atom stereocenters. The van der Waals surface area contributed by atoms with Crippen LogP contribution in [-0.2, 0) is 0 Å². The summed E-state index contributed by atoms with van der Waals surface area (Å²) in [7, 11) is 0. The lowest BCUT2D eigenvalue weighted by molar-refractivity contribution is 0.0424. The van der Waals surface area contributed by atoms with Crippen molar-refractivity contribution in [1.29, 1.82) is 0 Å². The molecule has 0 spiro atoms. The van der Waals surface area contributed by atoms with Gasteiger partial charge in [-0.15, -0.1) is 0 Å². The number of hydrogen-bond acceptors (Lipinski definition) is 0. The zero-order valence-corrected chi connectivity index (χ0v) is 9.27. The van der Waals surface area contributed by atoms with E-state index in [1.807, 2.05) is 0 Å². The quantitative estimate of drug-likeness (QED) is 0.602. The molecule has 0 heteroatoms. The predicted molar refractivity (Wildman–Crippen MR) is 55.4 cm³/mol. The van der Waals surface area contributed by atoms with Crippen molar-refractivity contribution in [3.63, 3.8) is 0 Å². The van der Waals surface area contributed by atoms with Gasteiger partial charge in [-0.25, -0.2) is 0 Å². The molecule has 0 saturated heterocycles. The molecule has 0 nitrogen and oxygen atoms in total. The van der Waals surface area contributed by atoms with Crippen molar-refractivity contribution in [2.24, 2.45) is 28.6 Å². The van der Waals surface area contributed by atoms with Gasteiger partial charge in [-0.3, -0.25) is 0 Å². The zero-order chi connectivity index (χ0) is 9.27. The Balaban J connectivity index is 1.85. The second kappa shape index (κ2) is 2.15. The van der Waals surface area contributed by atoms with Crippen LogP contribution >= 0.6 is 0 Å². The Morgan fingerprint density at radius 2 is 2.15 bits per heavy atom. The summed E-state index contributed by atoms with van der Waals surface area (Å²) in [5.74, 6) is 3.35. The van der Waals surface area contributed by atoms with Gasteiger partial charge in [0.2, 0.25) is 0 Å². The first-order valence-corrected chi connectivity index (χ1v) is 6.14. The molecule has 3 aliphatic carbocycles. The fourth-order valence-corrected chi connectivity index (χ4v) is 5.36. The second-order valence-corrected chi connectivity index (χ2v) is 6.33. The minimum atomic E-state index is 0.798. The molecule has 3 aliphatic rings. The topological polar surface area (TPSA) is 0 Å². The largest absolute Gasteiger partial charge is 0.0654 e. The maximum absolute atomic E-state index is 2.55. The van der Waals surface area contributed by atoms with E-state index in [1.54, 1.807) is 6.42 Å². The van der Waals surface area contributed by atoms with Crippen LogP contribution in [0.3, 0.4) is 0 Å². The molecular formula is C13H22. The summed E-state index contributed by atoms with van der Waals surface area (Å²) in [5, 5.41) is 0. The fraction of sp³-hybridized carbons (Fsp3) is 1.00. The summed E-state index contributed by atoms with van der Waals surface area (Å²) in [4.78, 5) is 0. The average Bonchev–Trinajstić information content (AvgIpc) is 2.65. The Morgan fingerprint density at radius 3 is 2.77 bits per heavy atom. The predicted octanol–water partition coefficient (Wildman–Crippen LogP) is 3.86. The monoisotopic (exact) mass is 178 g/mol. The van der Waals surface area contributed by atoms with E-state index in [-0.39, 0.29) is 0 Å². The fourth-order valence-electron chi connectivity index (χ4n) is 5.36. The summed E-state index contributed by atoms with van der Waals surface area (Å²) in [6, 6.07) is 0. The van der Waals surface area contributed by atoms with Crippen molar-refractivity contribution in [1.82, 2.24) is 0 Å². The third kappa shape index (κ3) is 0.750. The molecule has 3 saturated carbocycles. The minimum absolute atomic E-state index is 0.798. The van der Waals surface area contributed by atoms with Gasteiger partial charge in [0.1, 0.15) is 0 Å². The van der Waals surface area contributed by atoms with E-state index in [9.17, 15) is 0 Å². The SMILES string of the molecule is CCCC12CC3(C)CCC(C)C1C32. The van der Waals surface area contributed by atoms with Crippen LogP contribution in [0, 0.1) is 28.6 Å². The normalized spacial score (nSPS) is 62.5. The lowest BCUT2D eigenvalue weighted by Crippen LogP contribution is -2.36. The van der Waals surface area contributed by atoms with Crippen molar-refractivity contribution >= 4 is 0 Å². The lowest BCUT2D eigenvalue weighted by atomic mass is 9.59. The first-order chi connectivity index (χ1) is 6.14. The van der Waals surface area contributed by atoms with Gasteiger partial charge in [0.15, 0.2) is 0 Å². The number of fused-ring (bicyclic) bond motifs is 1. The molecule has 13 heavy (non-hydrogen) atoms. The highest BCUT2D eigenvalue weighted by molar-refractivity contribution is 5.28. The molecule has 3 fully saturated rings.